The molecule has 1 rings (SSSR count). The van der Waals surface area contributed by atoms with Gasteiger partial charge >= 0.3 is 0 Å². The molecule has 1 aromatic carbocycles. The van der Waals surface area contributed by atoms with E-state index in [0.717, 1.165) is 0 Å². The standard InChI is InChI=1S/C7H10N2O3S/c1-4-6(8)2-5(3-7(4)9)13(10,11)12/h2-3H,8-9H2,1H3,(H,10,11,12). The van der Waals surface area contributed by atoms with Gasteiger partial charge in [-0.1, -0.05) is 0 Å². The highest BCUT2D eigenvalue weighted by atomic mass is 32.2. The van der Waals surface area contributed by atoms with Gasteiger partial charge in [-0.25, -0.2) is 0 Å². The smallest absolute Gasteiger partial charge is 0.294 e. The first kappa shape index (κ1) is 9.82. The fourth-order valence-electron chi connectivity index (χ4n) is 0.880. The predicted octanol–water partition coefficient (Wildman–Crippen LogP) is 0.406. The van der Waals surface area contributed by atoms with Gasteiger partial charge in [-0.2, -0.15) is 8.42 Å². The zero-order chi connectivity index (χ0) is 10.2. The fourth-order valence-corrected chi connectivity index (χ4v) is 1.43. The van der Waals surface area contributed by atoms with E-state index in [1.54, 1.807) is 6.92 Å². The van der Waals surface area contributed by atoms with Crippen LogP contribution in [-0.4, -0.2) is 13.0 Å². The van der Waals surface area contributed by atoms with Gasteiger partial charge in [-0.05, 0) is 24.6 Å². The Morgan fingerprint density at radius 2 is 1.62 bits per heavy atom. The van der Waals surface area contributed by atoms with E-state index in [9.17, 15) is 8.42 Å². The molecule has 0 fully saturated rings. The van der Waals surface area contributed by atoms with Crippen LogP contribution in [0.5, 0.6) is 0 Å². The van der Waals surface area contributed by atoms with Gasteiger partial charge in [-0.15, -0.1) is 0 Å². The molecule has 13 heavy (non-hydrogen) atoms. The Kier molecular flexibility index (Phi) is 2.19. The molecule has 0 radical (unpaired) electrons. The Bertz CT molecular complexity index is 416. The van der Waals surface area contributed by atoms with Crippen LogP contribution < -0.4 is 11.5 Å². The fraction of sp³-hybridized carbons (Fsp3) is 0.143. The van der Waals surface area contributed by atoms with Crippen molar-refractivity contribution in [3.63, 3.8) is 0 Å². The third-order valence-electron chi connectivity index (χ3n) is 1.76. The van der Waals surface area contributed by atoms with Gasteiger partial charge in [0.1, 0.15) is 0 Å². The molecule has 0 heterocycles. The zero-order valence-corrected chi connectivity index (χ0v) is 7.80. The summed E-state index contributed by atoms with van der Waals surface area (Å²) in [4.78, 5) is -0.284. The molecule has 0 bridgehead atoms. The topological polar surface area (TPSA) is 106 Å². The second kappa shape index (κ2) is 2.90. The van der Waals surface area contributed by atoms with Gasteiger partial charge in [0.25, 0.3) is 10.1 Å². The first-order valence-electron chi connectivity index (χ1n) is 3.45. The molecule has 0 saturated heterocycles. The molecule has 0 aliphatic heterocycles. The number of anilines is 2. The Hall–Kier alpha value is -1.27. The molecule has 0 atom stereocenters. The number of hydrogen-bond acceptors (Lipinski definition) is 4. The summed E-state index contributed by atoms with van der Waals surface area (Å²) >= 11 is 0. The van der Waals surface area contributed by atoms with Gasteiger partial charge in [0.15, 0.2) is 0 Å². The molecule has 1 aromatic rings. The van der Waals surface area contributed by atoms with Crippen molar-refractivity contribution in [2.75, 3.05) is 11.5 Å². The van der Waals surface area contributed by atoms with Crippen LogP contribution in [0.4, 0.5) is 11.4 Å². The highest BCUT2D eigenvalue weighted by Crippen LogP contribution is 2.23. The van der Waals surface area contributed by atoms with E-state index in [2.05, 4.69) is 0 Å². The van der Waals surface area contributed by atoms with E-state index >= 15 is 0 Å². The molecule has 5 N–H and O–H groups in total. The van der Waals surface area contributed by atoms with Gasteiger partial charge in [0, 0.05) is 11.4 Å². The van der Waals surface area contributed by atoms with Crippen LogP contribution in [0.25, 0.3) is 0 Å². The first-order chi connectivity index (χ1) is 5.82. The molecule has 0 unspecified atom stereocenters. The minimum absolute atomic E-state index is 0.243. The van der Waals surface area contributed by atoms with Crippen LogP contribution in [0.1, 0.15) is 5.56 Å². The van der Waals surface area contributed by atoms with Crippen LogP contribution in [0, 0.1) is 6.92 Å². The second-order valence-corrected chi connectivity index (χ2v) is 4.12. The molecule has 5 nitrogen and oxygen atoms in total. The molecule has 0 aromatic heterocycles. The van der Waals surface area contributed by atoms with Crippen molar-refractivity contribution in [3.05, 3.63) is 17.7 Å². The summed E-state index contributed by atoms with van der Waals surface area (Å²) in [7, 11) is -4.22. The van der Waals surface area contributed by atoms with Gasteiger partial charge in [0.05, 0.1) is 4.90 Å². The second-order valence-electron chi connectivity index (χ2n) is 2.70. The van der Waals surface area contributed by atoms with Crippen molar-refractivity contribution in [2.45, 2.75) is 11.8 Å². The van der Waals surface area contributed by atoms with E-state index in [4.69, 9.17) is 16.0 Å². The Balaban J connectivity index is 3.47. The van der Waals surface area contributed by atoms with E-state index in [1.807, 2.05) is 0 Å². The Morgan fingerprint density at radius 3 is 1.92 bits per heavy atom. The SMILES string of the molecule is Cc1c(N)cc(S(=O)(=O)O)cc1N. The molecule has 0 spiro atoms. The molecular weight excluding hydrogens is 192 g/mol. The number of rotatable bonds is 1. The first-order valence-corrected chi connectivity index (χ1v) is 4.89. The molecule has 6 heteroatoms. The van der Waals surface area contributed by atoms with Crippen molar-refractivity contribution in [1.29, 1.82) is 0 Å². The normalized spacial score (nSPS) is 11.5. The molecule has 0 amide bonds. The third-order valence-corrected chi connectivity index (χ3v) is 2.59. The van der Waals surface area contributed by atoms with Crippen molar-refractivity contribution in [1.82, 2.24) is 0 Å². The van der Waals surface area contributed by atoms with Crippen LogP contribution in [-0.2, 0) is 10.1 Å². The highest BCUT2D eigenvalue weighted by molar-refractivity contribution is 7.85. The summed E-state index contributed by atoms with van der Waals surface area (Å²) < 4.78 is 30.1. The summed E-state index contributed by atoms with van der Waals surface area (Å²) in [6.45, 7) is 1.67. The van der Waals surface area contributed by atoms with Crippen molar-refractivity contribution in [2.24, 2.45) is 0 Å². The maximum absolute atomic E-state index is 10.7. The third kappa shape index (κ3) is 1.90. The van der Waals surface area contributed by atoms with Crippen molar-refractivity contribution >= 4 is 21.5 Å². The van der Waals surface area contributed by atoms with E-state index < -0.39 is 10.1 Å². The number of hydrogen-bond donors (Lipinski definition) is 3. The predicted molar refractivity (Wildman–Crippen MR) is 49.8 cm³/mol. The van der Waals surface area contributed by atoms with E-state index in [1.165, 1.54) is 12.1 Å². The largest absolute Gasteiger partial charge is 0.398 e. The lowest BCUT2D eigenvalue weighted by atomic mass is 10.2. The van der Waals surface area contributed by atoms with E-state index in [0.29, 0.717) is 5.56 Å². The highest BCUT2D eigenvalue weighted by Gasteiger charge is 2.12. The Morgan fingerprint density at radius 1 is 1.23 bits per heavy atom. The molecule has 0 aliphatic rings. The maximum atomic E-state index is 10.7. The maximum Gasteiger partial charge on any atom is 0.294 e. The summed E-state index contributed by atoms with van der Waals surface area (Å²) in [6.07, 6.45) is 0. The number of nitrogens with two attached hydrogens (primary N) is 2. The monoisotopic (exact) mass is 202 g/mol. The van der Waals surface area contributed by atoms with Crippen LogP contribution in [0.2, 0.25) is 0 Å². The van der Waals surface area contributed by atoms with Crippen molar-refractivity contribution in [3.8, 4) is 0 Å². The lowest BCUT2D eigenvalue weighted by Crippen LogP contribution is -2.03. The molecule has 0 saturated carbocycles. The Labute approximate surface area is 76.1 Å². The summed E-state index contributed by atoms with van der Waals surface area (Å²) in [6, 6.07) is 2.34. The quantitative estimate of drug-likeness (QED) is 0.451. The van der Waals surface area contributed by atoms with Crippen LogP contribution in [0.3, 0.4) is 0 Å². The molecule has 72 valence electrons. The van der Waals surface area contributed by atoms with E-state index in [-0.39, 0.29) is 16.3 Å². The average Bonchev–Trinajstić information content (AvgIpc) is 1.97. The minimum atomic E-state index is -4.22. The summed E-state index contributed by atoms with van der Waals surface area (Å²) in [5.74, 6) is 0. The van der Waals surface area contributed by atoms with Crippen LogP contribution in [0.15, 0.2) is 17.0 Å². The summed E-state index contributed by atoms with van der Waals surface area (Å²) in [5.41, 5.74) is 12.0. The minimum Gasteiger partial charge on any atom is -0.398 e. The lowest BCUT2D eigenvalue weighted by molar-refractivity contribution is 0.483. The number of benzene rings is 1. The lowest BCUT2D eigenvalue weighted by Gasteiger charge is -2.05. The van der Waals surface area contributed by atoms with Gasteiger partial charge < -0.3 is 11.5 Å². The molecular formula is C7H10N2O3S. The number of nitrogen functional groups attached to an aromatic ring is 2. The van der Waals surface area contributed by atoms with Gasteiger partial charge in [0.2, 0.25) is 0 Å². The molecule has 0 aliphatic carbocycles. The zero-order valence-electron chi connectivity index (χ0n) is 6.98. The summed E-state index contributed by atoms with van der Waals surface area (Å²) in [5, 5.41) is 0. The van der Waals surface area contributed by atoms with Gasteiger partial charge in [-0.3, -0.25) is 4.55 Å². The van der Waals surface area contributed by atoms with Crippen molar-refractivity contribution < 1.29 is 13.0 Å². The average molecular weight is 202 g/mol. The van der Waals surface area contributed by atoms with Crippen LogP contribution >= 0.6 is 0 Å².